The van der Waals surface area contributed by atoms with Gasteiger partial charge in [-0.05, 0) is 39.3 Å². The van der Waals surface area contributed by atoms with Gasteiger partial charge in [0.2, 0.25) is 0 Å². The van der Waals surface area contributed by atoms with Gasteiger partial charge in [0.1, 0.15) is 4.90 Å². The molecule has 1 rings (SSSR count). The summed E-state index contributed by atoms with van der Waals surface area (Å²) >= 11 is 5.91. The van der Waals surface area contributed by atoms with Gasteiger partial charge < -0.3 is 0 Å². The van der Waals surface area contributed by atoms with Crippen molar-refractivity contribution in [1.82, 2.24) is 0 Å². The topological polar surface area (TPSA) is 97.4 Å². The summed E-state index contributed by atoms with van der Waals surface area (Å²) in [6, 6.07) is 4.55. The summed E-state index contributed by atoms with van der Waals surface area (Å²) < 4.78 is 51.1. The predicted molar refractivity (Wildman–Crippen MR) is 87.0 cm³/mol. The van der Waals surface area contributed by atoms with E-state index < -0.39 is 30.2 Å². The van der Waals surface area contributed by atoms with Crippen LogP contribution in [0.1, 0.15) is 26.3 Å². The molecular formula is C13H20ClO8PS. The maximum atomic E-state index is 12.4. The van der Waals surface area contributed by atoms with Gasteiger partial charge in [0.25, 0.3) is 10.1 Å². The Labute approximate surface area is 146 Å². The van der Waals surface area contributed by atoms with E-state index in [1.165, 1.54) is 6.07 Å². The van der Waals surface area contributed by atoms with Gasteiger partial charge in [0.05, 0.1) is 17.7 Å². The molecule has 0 saturated heterocycles. The third-order valence-electron chi connectivity index (χ3n) is 2.41. The number of hydrogen-bond acceptors (Lipinski definition) is 8. The monoisotopic (exact) mass is 402 g/mol. The van der Waals surface area contributed by atoms with Gasteiger partial charge in [0.15, 0.2) is 6.35 Å². The van der Waals surface area contributed by atoms with Crippen molar-refractivity contribution < 1.29 is 36.3 Å². The second-order valence-electron chi connectivity index (χ2n) is 4.90. The van der Waals surface area contributed by atoms with Crippen LogP contribution in [0.15, 0.2) is 23.1 Å². The van der Waals surface area contributed by atoms with E-state index in [-0.39, 0.29) is 16.5 Å². The number of hydrogen-bond donors (Lipinski definition) is 0. The molecule has 8 nitrogen and oxygen atoms in total. The van der Waals surface area contributed by atoms with Crippen LogP contribution in [0.5, 0.6) is 0 Å². The molecule has 0 amide bonds. The maximum absolute atomic E-state index is 12.4. The van der Waals surface area contributed by atoms with Crippen LogP contribution in [0.25, 0.3) is 0 Å². The zero-order valence-corrected chi connectivity index (χ0v) is 16.2. The summed E-state index contributed by atoms with van der Waals surface area (Å²) in [5, 5.41) is -0.0186. The SMILES string of the molecule is CCOOP(=O)(COS(=O)(=O)c1c(C)cccc1Cl)OOC(C)C. The van der Waals surface area contributed by atoms with Gasteiger partial charge in [-0.2, -0.15) is 8.42 Å². The summed E-state index contributed by atoms with van der Waals surface area (Å²) in [4.78, 5) is 9.11. The van der Waals surface area contributed by atoms with E-state index in [4.69, 9.17) is 20.7 Å². The van der Waals surface area contributed by atoms with E-state index in [1.54, 1.807) is 39.8 Å². The average Bonchev–Trinajstić information content (AvgIpc) is 2.49. The summed E-state index contributed by atoms with van der Waals surface area (Å²) in [7, 11) is -8.42. The smallest absolute Gasteiger partial charge is 0.253 e. The molecule has 0 fully saturated rings. The lowest BCUT2D eigenvalue weighted by atomic mass is 10.2. The number of halogens is 1. The molecule has 0 heterocycles. The molecule has 0 spiro atoms. The molecule has 0 aliphatic heterocycles. The van der Waals surface area contributed by atoms with Crippen LogP contribution in [0, 0.1) is 6.92 Å². The molecule has 24 heavy (non-hydrogen) atoms. The first-order valence-electron chi connectivity index (χ1n) is 7.01. The molecule has 0 aliphatic rings. The Balaban J connectivity index is 2.94. The predicted octanol–water partition coefficient (Wildman–Crippen LogP) is 3.83. The molecule has 0 bridgehead atoms. The molecule has 0 radical (unpaired) electrons. The van der Waals surface area contributed by atoms with Crippen LogP contribution in [0.4, 0.5) is 0 Å². The Kier molecular flexibility index (Phi) is 8.31. The highest BCUT2D eigenvalue weighted by Gasteiger charge is 2.33. The molecule has 1 unspecified atom stereocenters. The first-order chi connectivity index (χ1) is 11.1. The van der Waals surface area contributed by atoms with E-state index in [1.807, 2.05) is 0 Å². The molecular weight excluding hydrogens is 383 g/mol. The van der Waals surface area contributed by atoms with Gasteiger partial charge in [-0.15, -0.1) is 9.35 Å². The van der Waals surface area contributed by atoms with Crippen molar-refractivity contribution in [2.75, 3.05) is 13.0 Å². The number of benzene rings is 1. The van der Waals surface area contributed by atoms with E-state index in [2.05, 4.69) is 14.2 Å². The molecule has 1 aromatic rings. The summed E-state index contributed by atoms with van der Waals surface area (Å²) in [6.07, 6.45) is -1.38. The summed E-state index contributed by atoms with van der Waals surface area (Å²) in [5.41, 5.74) is 0.377. The van der Waals surface area contributed by atoms with Gasteiger partial charge in [-0.25, -0.2) is 9.78 Å². The van der Waals surface area contributed by atoms with Crippen LogP contribution in [0.2, 0.25) is 5.02 Å². The minimum Gasteiger partial charge on any atom is -0.253 e. The van der Waals surface area contributed by atoms with Crippen molar-refractivity contribution >= 4 is 29.3 Å². The first-order valence-corrected chi connectivity index (χ1v) is 10.5. The van der Waals surface area contributed by atoms with Gasteiger partial charge in [0, 0.05) is 0 Å². The molecule has 0 N–H and O–H groups in total. The quantitative estimate of drug-likeness (QED) is 0.252. The highest BCUT2D eigenvalue weighted by atomic mass is 35.5. The highest BCUT2D eigenvalue weighted by molar-refractivity contribution is 7.87. The Morgan fingerprint density at radius 1 is 1.25 bits per heavy atom. The standard InChI is InChI=1S/C13H20ClO8PS/c1-5-18-21-23(15,22-20-10(2)3)9-19-24(16,17)13-11(4)7-6-8-12(13)14/h6-8,10H,5,9H2,1-4H3. The number of aryl methyl sites for hydroxylation is 1. The first kappa shape index (κ1) is 21.5. The van der Waals surface area contributed by atoms with Crippen molar-refractivity contribution in [3.63, 3.8) is 0 Å². The molecule has 0 aromatic heterocycles. The largest absolute Gasteiger partial charge is 0.411 e. The Hall–Kier alpha value is -0.510. The average molecular weight is 403 g/mol. The Morgan fingerprint density at radius 2 is 1.92 bits per heavy atom. The minimum atomic E-state index is -4.29. The molecule has 1 atom stereocenters. The van der Waals surface area contributed by atoms with Crippen LogP contribution in [0.3, 0.4) is 0 Å². The summed E-state index contributed by atoms with van der Waals surface area (Å²) in [6.45, 7) is 6.44. The second-order valence-corrected chi connectivity index (χ2v) is 8.64. The maximum Gasteiger partial charge on any atom is 0.411 e. The fourth-order valence-electron chi connectivity index (χ4n) is 1.47. The van der Waals surface area contributed by atoms with Crippen molar-refractivity contribution in [2.24, 2.45) is 0 Å². The lowest BCUT2D eigenvalue weighted by molar-refractivity contribution is -0.280. The molecule has 1 aromatic carbocycles. The van der Waals surface area contributed by atoms with Crippen molar-refractivity contribution in [3.8, 4) is 0 Å². The van der Waals surface area contributed by atoms with Crippen LogP contribution < -0.4 is 0 Å². The third kappa shape index (κ3) is 6.42. The van der Waals surface area contributed by atoms with Crippen molar-refractivity contribution in [3.05, 3.63) is 28.8 Å². The Bertz CT molecular complexity index is 671. The second kappa shape index (κ2) is 9.26. The Morgan fingerprint density at radius 3 is 2.46 bits per heavy atom. The van der Waals surface area contributed by atoms with Gasteiger partial charge in [-0.1, -0.05) is 23.7 Å². The zero-order chi connectivity index (χ0) is 18.4. The van der Waals surface area contributed by atoms with E-state index in [9.17, 15) is 13.0 Å². The highest BCUT2D eigenvalue weighted by Crippen LogP contribution is 2.49. The minimum absolute atomic E-state index is 0.0186. The summed E-state index contributed by atoms with van der Waals surface area (Å²) in [5.74, 6) is 0. The van der Waals surface area contributed by atoms with E-state index >= 15 is 0 Å². The lowest BCUT2D eigenvalue weighted by Gasteiger charge is -2.17. The third-order valence-corrected chi connectivity index (χ3v) is 5.58. The van der Waals surface area contributed by atoms with Gasteiger partial charge >= 0.3 is 7.60 Å². The normalized spacial score (nSPS) is 14.8. The number of rotatable bonds is 10. The molecule has 138 valence electrons. The molecule has 11 heteroatoms. The van der Waals surface area contributed by atoms with E-state index in [0.717, 1.165) is 0 Å². The zero-order valence-electron chi connectivity index (χ0n) is 13.7. The van der Waals surface area contributed by atoms with Crippen molar-refractivity contribution in [1.29, 1.82) is 0 Å². The fourth-order valence-corrected chi connectivity index (χ4v) is 4.61. The van der Waals surface area contributed by atoms with Crippen LogP contribution in [-0.4, -0.2) is 27.5 Å². The van der Waals surface area contributed by atoms with Crippen LogP contribution >= 0.6 is 19.2 Å². The lowest BCUT2D eigenvalue weighted by Crippen LogP contribution is -2.13. The molecule has 0 aliphatic carbocycles. The van der Waals surface area contributed by atoms with E-state index in [0.29, 0.717) is 5.56 Å². The van der Waals surface area contributed by atoms with Crippen molar-refractivity contribution in [2.45, 2.75) is 38.7 Å². The molecule has 0 saturated carbocycles. The fraction of sp³-hybridized carbons (Fsp3) is 0.538. The van der Waals surface area contributed by atoms with Gasteiger partial charge in [-0.3, -0.25) is 8.75 Å². The van der Waals surface area contributed by atoms with Crippen LogP contribution in [-0.2, 0) is 38.0 Å².